The van der Waals surface area contributed by atoms with E-state index in [1.165, 1.54) is 17.3 Å². The van der Waals surface area contributed by atoms with Gasteiger partial charge in [0.1, 0.15) is 17.0 Å². The number of pyridine rings is 2. The molecule has 277 valence electrons. The zero-order valence-electron chi connectivity index (χ0n) is 35.1. The van der Waals surface area contributed by atoms with Gasteiger partial charge in [-0.25, -0.2) is 4.39 Å². The van der Waals surface area contributed by atoms with Crippen molar-refractivity contribution in [3.05, 3.63) is 162 Å². The van der Waals surface area contributed by atoms with Crippen LogP contribution in [0.4, 0.5) is 4.39 Å². The third-order valence-electron chi connectivity index (χ3n) is 9.25. The molecular formula is C48H41FIrN2O2Si-2. The number of halogens is 1. The van der Waals surface area contributed by atoms with Crippen molar-refractivity contribution in [3.63, 3.8) is 0 Å². The summed E-state index contributed by atoms with van der Waals surface area (Å²) in [5, 5.41) is 4.82. The van der Waals surface area contributed by atoms with Crippen LogP contribution >= 0.6 is 0 Å². The molecule has 0 saturated heterocycles. The van der Waals surface area contributed by atoms with Crippen molar-refractivity contribution in [3.8, 4) is 22.5 Å². The number of furan rings is 2. The van der Waals surface area contributed by atoms with Crippen LogP contribution in [-0.4, -0.2) is 18.0 Å². The quantitative estimate of drug-likeness (QED) is 0.118. The Kier molecular flexibility index (Phi) is 9.57. The smallest absolute Gasteiger partial charge is 0.126 e. The summed E-state index contributed by atoms with van der Waals surface area (Å²) < 4.78 is 59.9. The summed E-state index contributed by atoms with van der Waals surface area (Å²) in [5.74, 6) is -0.489. The van der Waals surface area contributed by atoms with Crippen molar-refractivity contribution in [2.45, 2.75) is 46.2 Å². The van der Waals surface area contributed by atoms with E-state index < -0.39 is 20.8 Å². The van der Waals surface area contributed by atoms with Gasteiger partial charge in [0, 0.05) is 54.8 Å². The average molecular weight is 921 g/mol. The van der Waals surface area contributed by atoms with Gasteiger partial charge in [0.05, 0.1) is 19.2 Å². The summed E-state index contributed by atoms with van der Waals surface area (Å²) in [6.07, 6.45) is 0.432. The van der Waals surface area contributed by atoms with E-state index in [4.69, 9.17) is 14.3 Å². The van der Waals surface area contributed by atoms with Gasteiger partial charge in [-0.2, -0.15) is 0 Å². The third kappa shape index (κ3) is 8.11. The zero-order valence-corrected chi connectivity index (χ0v) is 34.5. The Labute approximate surface area is 341 Å². The number of rotatable bonds is 7. The van der Waals surface area contributed by atoms with Crippen LogP contribution in [0.2, 0.25) is 19.6 Å². The monoisotopic (exact) mass is 921 g/mol. The minimum Gasteiger partial charge on any atom is -0.501 e. The molecule has 1 radical (unpaired) electrons. The number of aromatic nitrogens is 2. The maximum absolute atomic E-state index is 13.5. The van der Waals surface area contributed by atoms with Gasteiger partial charge in [0.25, 0.3) is 0 Å². The molecule has 0 atom stereocenters. The van der Waals surface area contributed by atoms with Gasteiger partial charge in [-0.1, -0.05) is 116 Å². The van der Waals surface area contributed by atoms with Crippen LogP contribution in [0.25, 0.3) is 66.4 Å². The van der Waals surface area contributed by atoms with Gasteiger partial charge in [0.15, 0.2) is 0 Å². The number of fused-ring (bicyclic) bond motifs is 6. The van der Waals surface area contributed by atoms with Gasteiger partial charge in [-0.3, -0.25) is 0 Å². The first-order chi connectivity index (χ1) is 27.6. The Morgan fingerprint density at radius 1 is 0.673 bits per heavy atom. The van der Waals surface area contributed by atoms with Crippen molar-refractivity contribution in [1.29, 1.82) is 0 Å². The number of hydrogen-bond acceptors (Lipinski definition) is 4. The van der Waals surface area contributed by atoms with E-state index in [1.807, 2.05) is 68.6 Å². The molecule has 4 aromatic heterocycles. The molecule has 5 aromatic carbocycles. The zero-order chi connectivity index (χ0) is 41.0. The van der Waals surface area contributed by atoms with Crippen LogP contribution in [0, 0.1) is 23.9 Å². The van der Waals surface area contributed by atoms with E-state index in [0.717, 1.165) is 32.8 Å². The van der Waals surface area contributed by atoms with Crippen LogP contribution in [0.15, 0.2) is 136 Å². The Bertz CT molecular complexity index is 2940. The molecule has 0 bridgehead atoms. The van der Waals surface area contributed by atoms with Crippen LogP contribution in [0.5, 0.6) is 0 Å². The number of nitrogens with zero attached hydrogens (tertiary/aromatic N) is 2. The second-order valence-corrected chi connectivity index (χ2v) is 19.7. The van der Waals surface area contributed by atoms with E-state index >= 15 is 0 Å². The maximum atomic E-state index is 13.5. The SMILES string of the molecule is C[Si](C)(C)c1ccc(-c2[c-]ccc3c2oc2cc(F)ccc23)nc1.[2H]C([2H])(c1ccccc1)c1ccc2oc3c(-c4cc(C([2H])([2H])C(C)C)ccn4)[c-]ccc3c2c1.[Ir]. The van der Waals surface area contributed by atoms with Crippen molar-refractivity contribution >= 4 is 57.1 Å². The molecule has 0 fully saturated rings. The molecule has 55 heavy (non-hydrogen) atoms. The normalized spacial score (nSPS) is 13.2. The first kappa shape index (κ1) is 33.2. The molecule has 0 aliphatic heterocycles. The molecule has 4 nitrogen and oxygen atoms in total. The summed E-state index contributed by atoms with van der Waals surface area (Å²) in [7, 11) is -1.38. The fourth-order valence-corrected chi connectivity index (χ4v) is 7.61. The molecule has 4 heterocycles. The number of benzene rings is 5. The topological polar surface area (TPSA) is 52.1 Å². The molecule has 0 spiro atoms. The van der Waals surface area contributed by atoms with Crippen LogP contribution in [0.1, 0.15) is 36.0 Å². The Hall–Kier alpha value is -5.20. The fourth-order valence-electron chi connectivity index (χ4n) is 6.58. The summed E-state index contributed by atoms with van der Waals surface area (Å²) in [6.45, 7) is 10.6. The summed E-state index contributed by atoms with van der Waals surface area (Å²) >= 11 is 0. The Morgan fingerprint density at radius 2 is 1.38 bits per heavy atom. The van der Waals surface area contributed by atoms with Crippen molar-refractivity contribution in [1.82, 2.24) is 9.97 Å². The molecule has 0 aliphatic rings. The molecule has 0 amide bonds. The third-order valence-corrected chi connectivity index (χ3v) is 11.3. The van der Waals surface area contributed by atoms with Gasteiger partial charge < -0.3 is 18.8 Å². The van der Waals surface area contributed by atoms with E-state index in [2.05, 4.69) is 47.8 Å². The summed E-state index contributed by atoms with van der Waals surface area (Å²) in [6, 6.07) is 40.8. The predicted octanol–water partition coefficient (Wildman–Crippen LogP) is 12.4. The molecule has 9 rings (SSSR count). The van der Waals surface area contributed by atoms with Crippen molar-refractivity contribution in [2.75, 3.05) is 0 Å². The fraction of sp³-hybridized carbons (Fsp3) is 0.167. The minimum absolute atomic E-state index is 0. The predicted molar refractivity (Wildman–Crippen MR) is 222 cm³/mol. The van der Waals surface area contributed by atoms with Gasteiger partial charge in [-0.15, -0.1) is 36.4 Å². The largest absolute Gasteiger partial charge is 0.501 e. The molecular weight excluding hydrogens is 876 g/mol. The molecule has 9 aromatic rings. The Balaban J connectivity index is 0.000000186. The molecule has 0 aliphatic carbocycles. The van der Waals surface area contributed by atoms with Crippen molar-refractivity contribution in [2.24, 2.45) is 5.92 Å². The minimum atomic E-state index is -1.65. The van der Waals surface area contributed by atoms with E-state index in [-0.39, 0.29) is 31.8 Å². The molecule has 0 saturated carbocycles. The molecule has 7 heteroatoms. The standard InChI is InChI=1S/C28H24NO.C20H17FNOSi.Ir/c1-19(2)15-22-13-14-29-26(18-22)24-10-6-9-23-25-17-21(11-12-27(25)30-28(23)24)16-20-7-4-3-5-8-20;1-24(2,3)14-8-10-18(22-12-14)17-6-4-5-16-15-9-7-13(21)11-19(15)23-20(16)17;/h3-9,11-14,17-19H,15-16H2,1-2H3;4-5,7-12H,1-3H3;/q2*-1;/i15D2,16D2;;. The second kappa shape index (κ2) is 15.9. The van der Waals surface area contributed by atoms with Crippen LogP contribution in [-0.2, 0) is 32.9 Å². The second-order valence-electron chi connectivity index (χ2n) is 14.6. The first-order valence-corrected chi connectivity index (χ1v) is 21.5. The van der Waals surface area contributed by atoms with E-state index in [0.29, 0.717) is 50.3 Å². The van der Waals surface area contributed by atoms with Crippen LogP contribution in [0.3, 0.4) is 0 Å². The first-order valence-electron chi connectivity index (χ1n) is 20.0. The van der Waals surface area contributed by atoms with E-state index in [1.54, 1.807) is 54.7 Å². The summed E-state index contributed by atoms with van der Waals surface area (Å²) in [5.41, 5.74) is 7.08. The van der Waals surface area contributed by atoms with Gasteiger partial charge in [-0.05, 0) is 76.7 Å². The molecule has 0 N–H and O–H groups in total. The molecule has 0 unspecified atom stereocenters. The number of hydrogen-bond donors (Lipinski definition) is 0. The maximum Gasteiger partial charge on any atom is 0.126 e. The van der Waals surface area contributed by atoms with E-state index in [9.17, 15) is 4.39 Å². The van der Waals surface area contributed by atoms with Gasteiger partial charge >= 0.3 is 0 Å². The summed E-state index contributed by atoms with van der Waals surface area (Å²) in [4.78, 5) is 9.10. The average Bonchev–Trinajstić information content (AvgIpc) is 3.79. The Morgan fingerprint density at radius 3 is 2.07 bits per heavy atom. The van der Waals surface area contributed by atoms with Gasteiger partial charge in [0.2, 0.25) is 0 Å². The van der Waals surface area contributed by atoms with Crippen LogP contribution < -0.4 is 5.19 Å². The van der Waals surface area contributed by atoms with Crippen molar-refractivity contribution < 1.29 is 38.8 Å².